The van der Waals surface area contributed by atoms with Crippen LogP contribution in [0.1, 0.15) is 25.0 Å². The van der Waals surface area contributed by atoms with Gasteiger partial charge in [-0.05, 0) is 49.2 Å². The zero-order valence-electron chi connectivity index (χ0n) is 16.3. The average Bonchev–Trinajstić information content (AvgIpc) is 2.69. The van der Waals surface area contributed by atoms with Gasteiger partial charge < -0.3 is 10.2 Å². The maximum atomic E-state index is 13.2. The predicted molar refractivity (Wildman–Crippen MR) is 118 cm³/mol. The monoisotopic (exact) mass is 456 g/mol. The summed E-state index contributed by atoms with van der Waals surface area (Å²) >= 11 is 13.7. The van der Waals surface area contributed by atoms with E-state index in [1.54, 1.807) is 37.3 Å². The van der Waals surface area contributed by atoms with Gasteiger partial charge in [-0.15, -0.1) is 11.8 Å². The van der Waals surface area contributed by atoms with Gasteiger partial charge in [0, 0.05) is 28.9 Å². The van der Waals surface area contributed by atoms with Crippen LogP contribution in [-0.4, -0.2) is 35.1 Å². The highest BCUT2D eigenvalue weighted by Gasteiger charge is 2.25. The summed E-state index contributed by atoms with van der Waals surface area (Å²) < 4.78 is 13.2. The Morgan fingerprint density at radius 3 is 2.34 bits per heavy atom. The molecule has 8 heteroatoms. The SMILES string of the molecule is CCNC(=O)[C@@H](C)N(Cc1ccc(F)cc1)C(=O)CSCc1c(Cl)cccc1Cl. The van der Waals surface area contributed by atoms with Crippen molar-refractivity contribution >= 4 is 46.8 Å². The van der Waals surface area contributed by atoms with Crippen molar-refractivity contribution in [1.82, 2.24) is 10.2 Å². The number of benzene rings is 2. The molecule has 1 atom stereocenters. The Morgan fingerprint density at radius 1 is 1.14 bits per heavy atom. The molecule has 4 nitrogen and oxygen atoms in total. The highest BCUT2D eigenvalue weighted by atomic mass is 35.5. The molecule has 0 aliphatic rings. The van der Waals surface area contributed by atoms with Crippen LogP contribution in [0.25, 0.3) is 0 Å². The van der Waals surface area contributed by atoms with E-state index in [0.717, 1.165) is 11.1 Å². The number of hydrogen-bond acceptors (Lipinski definition) is 3. The summed E-state index contributed by atoms with van der Waals surface area (Å²) in [4.78, 5) is 26.7. The fraction of sp³-hybridized carbons (Fsp3) is 0.333. The van der Waals surface area contributed by atoms with Crippen LogP contribution >= 0.6 is 35.0 Å². The lowest BCUT2D eigenvalue weighted by Gasteiger charge is -2.28. The number of nitrogens with one attached hydrogen (secondary N) is 1. The van der Waals surface area contributed by atoms with Crippen LogP contribution < -0.4 is 5.32 Å². The summed E-state index contributed by atoms with van der Waals surface area (Å²) in [6.45, 7) is 4.19. The summed E-state index contributed by atoms with van der Waals surface area (Å²) in [5.74, 6) is -0.143. The first-order valence-electron chi connectivity index (χ1n) is 9.15. The molecular weight excluding hydrogens is 434 g/mol. The molecule has 2 aromatic rings. The molecule has 0 fully saturated rings. The van der Waals surface area contributed by atoms with Gasteiger partial charge in [0.1, 0.15) is 11.9 Å². The number of nitrogens with zero attached hydrogens (tertiary/aromatic N) is 1. The van der Waals surface area contributed by atoms with Crippen LogP contribution in [0.5, 0.6) is 0 Å². The van der Waals surface area contributed by atoms with Gasteiger partial charge >= 0.3 is 0 Å². The maximum absolute atomic E-state index is 13.2. The zero-order valence-corrected chi connectivity index (χ0v) is 18.6. The standard InChI is InChI=1S/C21H23Cl2FN2O2S/c1-3-25-21(28)14(2)26(11-15-7-9-16(24)10-8-15)20(27)13-29-12-17-18(22)5-4-6-19(17)23/h4-10,14H,3,11-13H2,1-2H3,(H,25,28)/t14-/m1/s1. The quantitative estimate of drug-likeness (QED) is 0.582. The lowest BCUT2D eigenvalue weighted by atomic mass is 10.1. The van der Waals surface area contributed by atoms with Gasteiger partial charge in [0.15, 0.2) is 0 Å². The van der Waals surface area contributed by atoms with E-state index < -0.39 is 6.04 Å². The van der Waals surface area contributed by atoms with Gasteiger partial charge in [-0.3, -0.25) is 9.59 Å². The van der Waals surface area contributed by atoms with Gasteiger partial charge in [0.2, 0.25) is 11.8 Å². The molecule has 0 heterocycles. The first kappa shape index (κ1) is 23.5. The molecule has 0 radical (unpaired) electrons. The van der Waals surface area contributed by atoms with E-state index in [4.69, 9.17) is 23.2 Å². The molecule has 2 rings (SSSR count). The Hall–Kier alpha value is -1.76. The molecule has 2 aromatic carbocycles. The van der Waals surface area contributed by atoms with Crippen molar-refractivity contribution in [3.05, 3.63) is 69.5 Å². The number of carbonyl (C=O) groups excluding carboxylic acids is 2. The largest absolute Gasteiger partial charge is 0.355 e. The summed E-state index contributed by atoms with van der Waals surface area (Å²) in [6, 6.07) is 10.5. The Kier molecular flexibility index (Phi) is 9.27. The molecule has 0 saturated heterocycles. The number of thioether (sulfide) groups is 1. The Morgan fingerprint density at radius 2 is 1.76 bits per heavy atom. The Balaban J connectivity index is 2.08. The van der Waals surface area contributed by atoms with Crippen LogP contribution in [0, 0.1) is 5.82 Å². The van der Waals surface area contributed by atoms with Gasteiger partial charge in [-0.25, -0.2) is 4.39 Å². The number of likely N-dealkylation sites (N-methyl/N-ethyl adjacent to an activating group) is 1. The molecule has 1 N–H and O–H groups in total. The van der Waals surface area contributed by atoms with E-state index in [1.807, 2.05) is 6.92 Å². The summed E-state index contributed by atoms with van der Waals surface area (Å²) in [5, 5.41) is 3.84. The highest BCUT2D eigenvalue weighted by molar-refractivity contribution is 7.99. The van der Waals surface area contributed by atoms with Crippen molar-refractivity contribution in [2.24, 2.45) is 0 Å². The van der Waals surface area contributed by atoms with Crippen LogP contribution in [0.15, 0.2) is 42.5 Å². The van der Waals surface area contributed by atoms with E-state index in [9.17, 15) is 14.0 Å². The number of hydrogen-bond donors (Lipinski definition) is 1. The van der Waals surface area contributed by atoms with Crippen molar-refractivity contribution in [3.8, 4) is 0 Å². The van der Waals surface area contributed by atoms with Crippen molar-refractivity contribution in [3.63, 3.8) is 0 Å². The average molecular weight is 457 g/mol. The third-order valence-corrected chi connectivity index (χ3v) is 5.97. The topological polar surface area (TPSA) is 49.4 Å². The molecule has 0 aliphatic carbocycles. The molecule has 2 amide bonds. The number of halogens is 3. The number of rotatable bonds is 9. The third-order valence-electron chi connectivity index (χ3n) is 4.32. The van der Waals surface area contributed by atoms with Crippen LogP contribution in [0.2, 0.25) is 10.0 Å². The Bertz CT molecular complexity index is 829. The minimum atomic E-state index is -0.656. The maximum Gasteiger partial charge on any atom is 0.242 e. The lowest BCUT2D eigenvalue weighted by molar-refractivity contribution is -0.138. The Labute approximate surface area is 184 Å². The minimum absolute atomic E-state index is 0.159. The van der Waals surface area contributed by atoms with Crippen LogP contribution in [0.4, 0.5) is 4.39 Å². The van der Waals surface area contributed by atoms with E-state index in [2.05, 4.69) is 5.32 Å². The summed E-state index contributed by atoms with van der Waals surface area (Å²) in [7, 11) is 0. The minimum Gasteiger partial charge on any atom is -0.355 e. The smallest absolute Gasteiger partial charge is 0.242 e. The fourth-order valence-corrected chi connectivity index (χ4v) is 4.33. The van der Waals surface area contributed by atoms with E-state index in [0.29, 0.717) is 22.3 Å². The van der Waals surface area contributed by atoms with Crippen molar-refractivity contribution in [1.29, 1.82) is 0 Å². The number of amides is 2. The molecular formula is C21H23Cl2FN2O2S. The summed E-state index contributed by atoms with van der Waals surface area (Å²) in [6.07, 6.45) is 0. The highest BCUT2D eigenvalue weighted by Crippen LogP contribution is 2.28. The first-order valence-corrected chi connectivity index (χ1v) is 11.1. The molecule has 0 aliphatic heterocycles. The van der Waals surface area contributed by atoms with Crippen LogP contribution in [-0.2, 0) is 21.9 Å². The normalized spacial score (nSPS) is 11.8. The molecule has 156 valence electrons. The second-order valence-electron chi connectivity index (χ2n) is 6.41. The van der Waals surface area contributed by atoms with E-state index in [-0.39, 0.29) is 29.9 Å². The van der Waals surface area contributed by atoms with Crippen LogP contribution in [0.3, 0.4) is 0 Å². The van der Waals surface area contributed by atoms with Crippen molar-refractivity contribution in [2.75, 3.05) is 12.3 Å². The summed E-state index contributed by atoms with van der Waals surface area (Å²) in [5.41, 5.74) is 1.52. The van der Waals surface area contributed by atoms with Gasteiger partial charge in [-0.1, -0.05) is 41.4 Å². The molecule has 0 saturated carbocycles. The molecule has 0 bridgehead atoms. The predicted octanol–water partition coefficient (Wildman–Crippen LogP) is 4.92. The van der Waals surface area contributed by atoms with Crippen molar-refractivity contribution in [2.45, 2.75) is 32.2 Å². The molecule has 0 unspecified atom stereocenters. The van der Waals surface area contributed by atoms with Crippen molar-refractivity contribution < 1.29 is 14.0 Å². The van der Waals surface area contributed by atoms with E-state index in [1.165, 1.54) is 28.8 Å². The molecule has 29 heavy (non-hydrogen) atoms. The fourth-order valence-electron chi connectivity index (χ4n) is 2.68. The van der Waals surface area contributed by atoms with Gasteiger partial charge in [0.25, 0.3) is 0 Å². The van der Waals surface area contributed by atoms with Gasteiger partial charge in [0.05, 0.1) is 5.75 Å². The third kappa shape index (κ3) is 6.91. The molecule has 0 aromatic heterocycles. The van der Waals surface area contributed by atoms with E-state index >= 15 is 0 Å². The second-order valence-corrected chi connectivity index (χ2v) is 8.21. The molecule has 0 spiro atoms. The second kappa shape index (κ2) is 11.4. The zero-order chi connectivity index (χ0) is 21.4. The first-order chi connectivity index (χ1) is 13.8. The number of carbonyl (C=O) groups is 2. The lowest BCUT2D eigenvalue weighted by Crippen LogP contribution is -2.48. The van der Waals surface area contributed by atoms with Gasteiger partial charge in [-0.2, -0.15) is 0 Å².